The van der Waals surface area contributed by atoms with E-state index in [4.69, 9.17) is 0 Å². The standard InChI is InChI=1S/C18H19N7OS/c26-17(22-18-24-23-16(27-18)14-5-1-2-7-19-14)21-12-13-6-8-20-15(11-13)25-9-3-4-10-25/h1-2,5-8,11H,3-4,9-10,12H2,(H2,21,22,24,26). The van der Waals surface area contributed by atoms with Crippen LogP contribution < -0.4 is 15.5 Å². The molecule has 0 spiro atoms. The Morgan fingerprint density at radius 3 is 2.81 bits per heavy atom. The minimum absolute atomic E-state index is 0.321. The van der Waals surface area contributed by atoms with Crippen LogP contribution in [0.5, 0.6) is 0 Å². The Morgan fingerprint density at radius 2 is 2.00 bits per heavy atom. The zero-order valence-corrected chi connectivity index (χ0v) is 15.4. The van der Waals surface area contributed by atoms with Crippen molar-refractivity contribution in [2.45, 2.75) is 19.4 Å². The highest BCUT2D eigenvalue weighted by molar-refractivity contribution is 7.18. The maximum Gasteiger partial charge on any atom is 0.321 e. The molecule has 1 saturated heterocycles. The van der Waals surface area contributed by atoms with Crippen LogP contribution in [0.15, 0.2) is 42.7 Å². The summed E-state index contributed by atoms with van der Waals surface area (Å²) >= 11 is 1.28. The van der Waals surface area contributed by atoms with Gasteiger partial charge >= 0.3 is 6.03 Å². The molecule has 0 saturated carbocycles. The molecule has 0 atom stereocenters. The van der Waals surface area contributed by atoms with E-state index in [0.29, 0.717) is 16.7 Å². The summed E-state index contributed by atoms with van der Waals surface area (Å²) in [6, 6.07) is 9.18. The van der Waals surface area contributed by atoms with Gasteiger partial charge in [-0.15, -0.1) is 10.2 Å². The van der Waals surface area contributed by atoms with Crippen molar-refractivity contribution in [3.05, 3.63) is 48.3 Å². The number of anilines is 2. The Bertz CT molecular complexity index is 909. The fraction of sp³-hybridized carbons (Fsp3) is 0.278. The first-order chi connectivity index (χ1) is 13.3. The number of aromatic nitrogens is 4. The van der Waals surface area contributed by atoms with E-state index in [9.17, 15) is 4.79 Å². The number of hydrogen-bond donors (Lipinski definition) is 2. The maximum absolute atomic E-state index is 12.1. The van der Waals surface area contributed by atoms with Gasteiger partial charge in [-0.1, -0.05) is 17.4 Å². The molecule has 0 radical (unpaired) electrons. The van der Waals surface area contributed by atoms with Crippen LogP contribution in [0.4, 0.5) is 15.7 Å². The normalized spacial score (nSPS) is 13.6. The number of amides is 2. The molecule has 1 aliphatic heterocycles. The van der Waals surface area contributed by atoms with E-state index < -0.39 is 0 Å². The zero-order chi connectivity index (χ0) is 18.5. The number of pyridine rings is 2. The Hall–Kier alpha value is -3.07. The van der Waals surface area contributed by atoms with Gasteiger partial charge in [-0.25, -0.2) is 9.78 Å². The van der Waals surface area contributed by atoms with Gasteiger partial charge in [0.1, 0.15) is 11.5 Å². The lowest BCUT2D eigenvalue weighted by Crippen LogP contribution is -2.28. The molecule has 0 aromatic carbocycles. The molecule has 3 aromatic rings. The van der Waals surface area contributed by atoms with Crippen molar-refractivity contribution in [1.82, 2.24) is 25.5 Å². The molecule has 138 valence electrons. The monoisotopic (exact) mass is 381 g/mol. The Labute approximate surface area is 160 Å². The van der Waals surface area contributed by atoms with Gasteiger partial charge in [0.05, 0.1) is 0 Å². The first-order valence-electron chi connectivity index (χ1n) is 8.77. The van der Waals surface area contributed by atoms with Gasteiger partial charge < -0.3 is 10.2 Å². The van der Waals surface area contributed by atoms with E-state index in [1.807, 2.05) is 30.3 Å². The summed E-state index contributed by atoms with van der Waals surface area (Å²) in [4.78, 5) is 23.1. The molecule has 4 heterocycles. The molecular formula is C18H19N7OS. The van der Waals surface area contributed by atoms with E-state index in [1.54, 1.807) is 12.4 Å². The van der Waals surface area contributed by atoms with E-state index in [2.05, 4.69) is 35.7 Å². The van der Waals surface area contributed by atoms with Crippen molar-refractivity contribution in [2.75, 3.05) is 23.3 Å². The van der Waals surface area contributed by atoms with E-state index >= 15 is 0 Å². The topological polar surface area (TPSA) is 95.9 Å². The first-order valence-corrected chi connectivity index (χ1v) is 9.59. The van der Waals surface area contributed by atoms with Crippen LogP contribution >= 0.6 is 11.3 Å². The van der Waals surface area contributed by atoms with Crippen molar-refractivity contribution >= 4 is 28.3 Å². The third-order valence-electron chi connectivity index (χ3n) is 4.22. The summed E-state index contributed by atoms with van der Waals surface area (Å²) in [6.07, 6.45) is 5.89. The highest BCUT2D eigenvalue weighted by Gasteiger charge is 2.14. The van der Waals surface area contributed by atoms with Crippen molar-refractivity contribution < 1.29 is 4.79 Å². The van der Waals surface area contributed by atoms with E-state index in [0.717, 1.165) is 30.2 Å². The highest BCUT2D eigenvalue weighted by atomic mass is 32.1. The summed E-state index contributed by atoms with van der Waals surface area (Å²) in [6.45, 7) is 2.50. The number of hydrogen-bond acceptors (Lipinski definition) is 7. The van der Waals surface area contributed by atoms with Crippen molar-refractivity contribution in [2.24, 2.45) is 0 Å². The summed E-state index contributed by atoms with van der Waals surface area (Å²) in [5, 5.41) is 14.7. The number of nitrogens with zero attached hydrogens (tertiary/aromatic N) is 5. The second-order valence-corrected chi connectivity index (χ2v) is 7.13. The Kier molecular flexibility index (Phi) is 5.20. The quantitative estimate of drug-likeness (QED) is 0.705. The third-order valence-corrected chi connectivity index (χ3v) is 5.08. The van der Waals surface area contributed by atoms with Gasteiger partial charge in [0.25, 0.3) is 0 Å². The van der Waals surface area contributed by atoms with Crippen LogP contribution in [0, 0.1) is 0 Å². The molecule has 27 heavy (non-hydrogen) atoms. The molecular weight excluding hydrogens is 362 g/mol. The largest absolute Gasteiger partial charge is 0.357 e. The smallest absolute Gasteiger partial charge is 0.321 e. The second kappa shape index (κ2) is 8.09. The molecule has 0 unspecified atom stereocenters. The summed E-state index contributed by atoms with van der Waals surface area (Å²) < 4.78 is 0. The molecule has 9 heteroatoms. The van der Waals surface area contributed by atoms with Crippen LogP contribution in [0.25, 0.3) is 10.7 Å². The fourth-order valence-corrected chi connectivity index (χ4v) is 3.60. The lowest BCUT2D eigenvalue weighted by atomic mass is 10.2. The highest BCUT2D eigenvalue weighted by Crippen LogP contribution is 2.24. The minimum atomic E-state index is -0.321. The zero-order valence-electron chi connectivity index (χ0n) is 14.6. The molecule has 4 rings (SSSR count). The van der Waals surface area contributed by atoms with Crippen LogP contribution in [0.3, 0.4) is 0 Å². The molecule has 8 nitrogen and oxygen atoms in total. The molecule has 2 N–H and O–H groups in total. The number of rotatable bonds is 5. The molecule has 1 fully saturated rings. The van der Waals surface area contributed by atoms with E-state index in [1.165, 1.54) is 24.2 Å². The van der Waals surface area contributed by atoms with Gasteiger partial charge in [-0.05, 0) is 42.7 Å². The lowest BCUT2D eigenvalue weighted by Gasteiger charge is -2.16. The van der Waals surface area contributed by atoms with Gasteiger partial charge in [-0.3, -0.25) is 10.3 Å². The third kappa shape index (κ3) is 4.37. The SMILES string of the molecule is O=C(NCc1ccnc(N2CCCC2)c1)Nc1nnc(-c2ccccn2)s1. The van der Waals surface area contributed by atoms with Crippen molar-refractivity contribution in [3.8, 4) is 10.7 Å². The maximum atomic E-state index is 12.1. The van der Waals surface area contributed by atoms with E-state index in [-0.39, 0.29) is 6.03 Å². The Balaban J connectivity index is 1.32. The number of nitrogens with one attached hydrogen (secondary N) is 2. The van der Waals surface area contributed by atoms with Crippen LogP contribution in [0.2, 0.25) is 0 Å². The van der Waals surface area contributed by atoms with Gasteiger partial charge in [-0.2, -0.15) is 0 Å². The average molecular weight is 381 g/mol. The van der Waals surface area contributed by atoms with Crippen LogP contribution in [-0.2, 0) is 6.54 Å². The molecule has 3 aromatic heterocycles. The van der Waals surface area contributed by atoms with Crippen LogP contribution in [-0.4, -0.2) is 39.3 Å². The van der Waals surface area contributed by atoms with Gasteiger partial charge in [0.2, 0.25) is 5.13 Å². The molecule has 2 amide bonds. The molecule has 0 bridgehead atoms. The van der Waals surface area contributed by atoms with Gasteiger partial charge in [0.15, 0.2) is 5.01 Å². The first kappa shape index (κ1) is 17.3. The van der Waals surface area contributed by atoms with Crippen LogP contribution in [0.1, 0.15) is 18.4 Å². The summed E-state index contributed by atoms with van der Waals surface area (Å²) in [7, 11) is 0. The predicted octanol–water partition coefficient (Wildman–Crippen LogP) is 2.92. The minimum Gasteiger partial charge on any atom is -0.357 e. The predicted molar refractivity (Wildman–Crippen MR) is 105 cm³/mol. The number of carbonyl (C=O) groups is 1. The molecule has 1 aliphatic rings. The van der Waals surface area contributed by atoms with Gasteiger partial charge in [0, 0.05) is 32.0 Å². The molecule has 0 aliphatic carbocycles. The number of urea groups is 1. The van der Waals surface area contributed by atoms with Crippen molar-refractivity contribution in [1.29, 1.82) is 0 Å². The average Bonchev–Trinajstić information content (AvgIpc) is 3.40. The Morgan fingerprint density at radius 1 is 1.11 bits per heavy atom. The second-order valence-electron chi connectivity index (χ2n) is 6.15. The summed E-state index contributed by atoms with van der Waals surface area (Å²) in [5.41, 5.74) is 1.74. The number of carbonyl (C=O) groups excluding carboxylic acids is 1. The van der Waals surface area contributed by atoms with Crippen molar-refractivity contribution in [3.63, 3.8) is 0 Å². The lowest BCUT2D eigenvalue weighted by molar-refractivity contribution is 0.251. The summed E-state index contributed by atoms with van der Waals surface area (Å²) in [5.74, 6) is 0.969. The fourth-order valence-electron chi connectivity index (χ4n) is 2.88.